The minimum atomic E-state index is -0.280. The van der Waals surface area contributed by atoms with Gasteiger partial charge in [-0.25, -0.2) is 0 Å². The fourth-order valence-electron chi connectivity index (χ4n) is 3.70. The highest BCUT2D eigenvalue weighted by Crippen LogP contribution is 2.28. The zero-order valence-electron chi connectivity index (χ0n) is 17.7. The lowest BCUT2D eigenvalue weighted by Crippen LogP contribution is -2.24. The Morgan fingerprint density at radius 3 is 2.30 bits per heavy atom. The highest BCUT2D eigenvalue weighted by Gasteiger charge is 2.21. The minimum Gasteiger partial charge on any atom is -0.494 e. The van der Waals surface area contributed by atoms with Gasteiger partial charge in [0.25, 0.3) is 5.91 Å². The summed E-state index contributed by atoms with van der Waals surface area (Å²) in [5.41, 5.74) is 1.72. The fourth-order valence-corrected chi connectivity index (χ4v) is 3.70. The van der Waals surface area contributed by atoms with Gasteiger partial charge in [0, 0.05) is 23.4 Å². The van der Waals surface area contributed by atoms with Gasteiger partial charge in [-0.1, -0.05) is 25.3 Å². The molecule has 0 unspecified atom stereocenters. The van der Waals surface area contributed by atoms with E-state index in [1.165, 1.54) is 6.42 Å². The first-order chi connectivity index (χ1) is 14.6. The second-order valence-electron chi connectivity index (χ2n) is 7.38. The molecule has 0 spiro atoms. The molecule has 2 aromatic carbocycles. The van der Waals surface area contributed by atoms with Gasteiger partial charge in [-0.05, 0) is 57.0 Å². The van der Waals surface area contributed by atoms with Gasteiger partial charge >= 0.3 is 0 Å². The molecule has 0 atom stereocenters. The van der Waals surface area contributed by atoms with Crippen molar-refractivity contribution in [3.8, 4) is 11.5 Å². The Bertz CT molecular complexity index is 875. The van der Waals surface area contributed by atoms with Crippen LogP contribution >= 0.6 is 0 Å². The first-order valence-corrected chi connectivity index (χ1v) is 10.7. The van der Waals surface area contributed by atoms with E-state index in [0.29, 0.717) is 41.7 Å². The van der Waals surface area contributed by atoms with Crippen LogP contribution in [0.15, 0.2) is 42.5 Å². The number of carbonyl (C=O) groups is 2. The summed E-state index contributed by atoms with van der Waals surface area (Å²) in [6, 6.07) is 12.4. The number of hydrogen-bond donors (Lipinski definition) is 2. The molecule has 1 aliphatic rings. The van der Waals surface area contributed by atoms with E-state index in [-0.39, 0.29) is 17.7 Å². The molecule has 2 aromatic rings. The van der Waals surface area contributed by atoms with Crippen LogP contribution in [-0.4, -0.2) is 25.0 Å². The zero-order valence-corrected chi connectivity index (χ0v) is 17.7. The zero-order chi connectivity index (χ0) is 21.3. The molecule has 160 valence electrons. The summed E-state index contributed by atoms with van der Waals surface area (Å²) in [4.78, 5) is 25.3. The lowest BCUT2D eigenvalue weighted by molar-refractivity contribution is -0.120. The lowest BCUT2D eigenvalue weighted by Gasteiger charge is -2.21. The van der Waals surface area contributed by atoms with Gasteiger partial charge < -0.3 is 20.1 Å². The number of hydrogen-bond acceptors (Lipinski definition) is 4. The molecule has 6 nitrogen and oxygen atoms in total. The Kier molecular flexibility index (Phi) is 7.71. The van der Waals surface area contributed by atoms with E-state index >= 15 is 0 Å². The molecule has 2 amide bonds. The monoisotopic (exact) mass is 410 g/mol. The van der Waals surface area contributed by atoms with Crippen molar-refractivity contribution in [2.24, 2.45) is 5.92 Å². The summed E-state index contributed by atoms with van der Waals surface area (Å²) in [5.74, 6) is 0.989. The van der Waals surface area contributed by atoms with Crippen molar-refractivity contribution in [1.82, 2.24) is 0 Å². The Hall–Kier alpha value is -3.02. The third-order valence-corrected chi connectivity index (χ3v) is 5.17. The number of ether oxygens (including phenoxy) is 2. The van der Waals surface area contributed by atoms with Crippen LogP contribution in [0.2, 0.25) is 0 Å². The van der Waals surface area contributed by atoms with E-state index in [1.807, 2.05) is 26.0 Å². The molecular weight excluding hydrogens is 380 g/mol. The van der Waals surface area contributed by atoms with Gasteiger partial charge in [-0.2, -0.15) is 0 Å². The quantitative estimate of drug-likeness (QED) is 0.623. The summed E-state index contributed by atoms with van der Waals surface area (Å²) in [6.07, 6.45) is 5.32. The maximum atomic E-state index is 12.8. The summed E-state index contributed by atoms with van der Waals surface area (Å²) >= 11 is 0. The standard InChI is InChI=1S/C24H30N2O4/c1-3-29-20-13-14-21(22(16-20)30-4-2)24(28)26-19-12-8-11-18(15-19)25-23(27)17-9-6-5-7-10-17/h8,11-17H,3-7,9-10H2,1-2H3,(H,25,27)(H,26,28). The van der Waals surface area contributed by atoms with Crippen molar-refractivity contribution in [1.29, 1.82) is 0 Å². The van der Waals surface area contributed by atoms with Crippen LogP contribution in [0.3, 0.4) is 0 Å². The van der Waals surface area contributed by atoms with Crippen molar-refractivity contribution < 1.29 is 19.1 Å². The molecule has 1 fully saturated rings. The van der Waals surface area contributed by atoms with Gasteiger partial charge in [0.05, 0.1) is 18.8 Å². The Morgan fingerprint density at radius 1 is 0.900 bits per heavy atom. The second kappa shape index (κ2) is 10.7. The second-order valence-corrected chi connectivity index (χ2v) is 7.38. The van der Waals surface area contributed by atoms with Gasteiger partial charge in [0.15, 0.2) is 0 Å². The van der Waals surface area contributed by atoms with E-state index in [0.717, 1.165) is 25.7 Å². The highest BCUT2D eigenvalue weighted by atomic mass is 16.5. The molecule has 1 aliphatic carbocycles. The SMILES string of the molecule is CCOc1ccc(C(=O)Nc2cccc(NC(=O)C3CCCCC3)c2)c(OCC)c1. The molecule has 2 N–H and O–H groups in total. The molecule has 6 heteroatoms. The molecule has 0 heterocycles. The largest absolute Gasteiger partial charge is 0.494 e. The third kappa shape index (κ3) is 5.75. The molecule has 0 aliphatic heterocycles. The predicted molar refractivity (Wildman–Crippen MR) is 118 cm³/mol. The van der Waals surface area contributed by atoms with Crippen molar-refractivity contribution >= 4 is 23.2 Å². The molecule has 0 radical (unpaired) electrons. The predicted octanol–water partition coefficient (Wildman–Crippen LogP) is 5.26. The number of carbonyl (C=O) groups excluding carboxylic acids is 2. The van der Waals surface area contributed by atoms with E-state index in [1.54, 1.807) is 30.3 Å². The maximum Gasteiger partial charge on any atom is 0.259 e. The van der Waals surface area contributed by atoms with Gasteiger partial charge in [0.2, 0.25) is 5.91 Å². The van der Waals surface area contributed by atoms with Crippen molar-refractivity contribution in [3.63, 3.8) is 0 Å². The molecule has 1 saturated carbocycles. The molecule has 0 bridgehead atoms. The summed E-state index contributed by atoms with van der Waals surface area (Å²) in [7, 11) is 0. The van der Waals surface area contributed by atoms with E-state index in [9.17, 15) is 9.59 Å². The first kappa shape index (κ1) is 21.7. The molecule has 3 rings (SSSR count). The minimum absolute atomic E-state index is 0.0586. The lowest BCUT2D eigenvalue weighted by atomic mass is 9.88. The van der Waals surface area contributed by atoms with Crippen LogP contribution in [0.4, 0.5) is 11.4 Å². The Labute approximate surface area is 178 Å². The van der Waals surface area contributed by atoms with E-state index in [4.69, 9.17) is 9.47 Å². The number of benzene rings is 2. The van der Waals surface area contributed by atoms with Crippen molar-refractivity contribution in [2.75, 3.05) is 23.8 Å². The van der Waals surface area contributed by atoms with Gasteiger partial charge in [-0.15, -0.1) is 0 Å². The Morgan fingerprint density at radius 2 is 1.60 bits per heavy atom. The number of amides is 2. The smallest absolute Gasteiger partial charge is 0.259 e. The average molecular weight is 411 g/mol. The fraction of sp³-hybridized carbons (Fsp3) is 0.417. The van der Waals surface area contributed by atoms with Crippen LogP contribution in [0.1, 0.15) is 56.3 Å². The third-order valence-electron chi connectivity index (χ3n) is 5.17. The van der Waals surface area contributed by atoms with Crippen molar-refractivity contribution in [3.05, 3.63) is 48.0 Å². The van der Waals surface area contributed by atoms with E-state index in [2.05, 4.69) is 10.6 Å². The number of nitrogens with one attached hydrogen (secondary N) is 2. The average Bonchev–Trinajstić information content (AvgIpc) is 2.75. The normalized spacial score (nSPS) is 14.1. The van der Waals surface area contributed by atoms with Crippen LogP contribution in [0.25, 0.3) is 0 Å². The van der Waals surface area contributed by atoms with Crippen LogP contribution in [0, 0.1) is 5.92 Å². The van der Waals surface area contributed by atoms with Crippen molar-refractivity contribution in [2.45, 2.75) is 46.0 Å². The van der Waals surface area contributed by atoms with Crippen LogP contribution in [-0.2, 0) is 4.79 Å². The molecule has 0 saturated heterocycles. The number of anilines is 2. The van der Waals surface area contributed by atoms with Gasteiger partial charge in [0.1, 0.15) is 11.5 Å². The van der Waals surface area contributed by atoms with Gasteiger partial charge in [-0.3, -0.25) is 9.59 Å². The molecular formula is C24H30N2O4. The van der Waals surface area contributed by atoms with Crippen LogP contribution < -0.4 is 20.1 Å². The highest BCUT2D eigenvalue weighted by molar-refractivity contribution is 6.06. The Balaban J connectivity index is 1.69. The maximum absolute atomic E-state index is 12.8. The summed E-state index contributed by atoms with van der Waals surface area (Å²) in [5, 5.41) is 5.88. The van der Waals surface area contributed by atoms with Crippen LogP contribution in [0.5, 0.6) is 11.5 Å². The summed E-state index contributed by atoms with van der Waals surface area (Å²) < 4.78 is 11.1. The molecule has 0 aromatic heterocycles. The number of rotatable bonds is 8. The first-order valence-electron chi connectivity index (χ1n) is 10.7. The van der Waals surface area contributed by atoms with E-state index < -0.39 is 0 Å². The topological polar surface area (TPSA) is 76.7 Å². The summed E-state index contributed by atoms with van der Waals surface area (Å²) in [6.45, 7) is 4.75. The molecule has 30 heavy (non-hydrogen) atoms.